The molecule has 4 fully saturated rings. The summed E-state index contributed by atoms with van der Waals surface area (Å²) in [6, 6.07) is 0.777. The molecule has 1 atom stereocenters. The van der Waals surface area contributed by atoms with Gasteiger partial charge in [0.1, 0.15) is 0 Å². The molecule has 25 heavy (non-hydrogen) atoms. The maximum atomic E-state index is 12.7. The Kier molecular flexibility index (Phi) is 5.38. The Labute approximate surface area is 152 Å². The van der Waals surface area contributed by atoms with Crippen molar-refractivity contribution in [3.63, 3.8) is 0 Å². The van der Waals surface area contributed by atoms with E-state index >= 15 is 0 Å². The predicted octanol–water partition coefficient (Wildman–Crippen LogP) is 3.04. The average Bonchev–Trinajstić information content (AvgIpc) is 2.92. The molecule has 1 unspecified atom stereocenters. The van der Waals surface area contributed by atoms with Gasteiger partial charge in [0, 0.05) is 51.2 Å². The second kappa shape index (κ2) is 7.56. The number of aliphatic hydroxyl groups excluding tert-OH is 1. The Bertz CT molecular complexity index is 463. The van der Waals surface area contributed by atoms with Crippen molar-refractivity contribution in [3.05, 3.63) is 0 Å². The molecule has 1 amide bonds. The van der Waals surface area contributed by atoms with Gasteiger partial charge in [-0.05, 0) is 49.9 Å². The average molecular weight is 349 g/mol. The zero-order valence-electron chi connectivity index (χ0n) is 15.8. The van der Waals surface area contributed by atoms with Gasteiger partial charge in [0.2, 0.25) is 5.91 Å². The maximum Gasteiger partial charge on any atom is 0.222 e. The number of rotatable bonds is 4. The highest BCUT2D eigenvalue weighted by Crippen LogP contribution is 2.47. The monoisotopic (exact) mass is 348 g/mol. The molecule has 0 aromatic heterocycles. The molecule has 4 nitrogen and oxygen atoms in total. The Balaban J connectivity index is 1.31. The molecule has 4 heteroatoms. The third-order valence-electron chi connectivity index (χ3n) is 7.95. The second-order valence-electron chi connectivity index (χ2n) is 9.34. The molecule has 0 bridgehead atoms. The molecule has 0 radical (unpaired) electrons. The molecule has 2 saturated carbocycles. The number of nitrogens with zero attached hydrogens (tertiary/aromatic N) is 2. The fourth-order valence-electron chi connectivity index (χ4n) is 5.89. The van der Waals surface area contributed by atoms with E-state index in [1.54, 1.807) is 0 Å². The van der Waals surface area contributed by atoms with Crippen LogP contribution >= 0.6 is 0 Å². The van der Waals surface area contributed by atoms with Crippen LogP contribution in [-0.4, -0.2) is 59.6 Å². The van der Waals surface area contributed by atoms with Crippen LogP contribution in [0.4, 0.5) is 0 Å². The summed E-state index contributed by atoms with van der Waals surface area (Å²) in [7, 11) is 0. The number of hydrogen-bond acceptors (Lipinski definition) is 3. The molecule has 4 rings (SSSR count). The highest BCUT2D eigenvalue weighted by Gasteiger charge is 2.49. The first-order valence-electron chi connectivity index (χ1n) is 10.8. The first-order chi connectivity index (χ1) is 12.2. The van der Waals surface area contributed by atoms with Crippen molar-refractivity contribution in [2.45, 2.75) is 76.7 Å². The number of likely N-dealkylation sites (tertiary alicyclic amines) is 2. The van der Waals surface area contributed by atoms with Crippen molar-refractivity contribution in [3.8, 4) is 0 Å². The topological polar surface area (TPSA) is 43.8 Å². The van der Waals surface area contributed by atoms with Crippen LogP contribution in [0.5, 0.6) is 0 Å². The van der Waals surface area contributed by atoms with Crippen LogP contribution in [0.25, 0.3) is 0 Å². The molecule has 2 saturated heterocycles. The molecule has 0 aromatic rings. The lowest BCUT2D eigenvalue weighted by atomic mass is 9.71. The summed E-state index contributed by atoms with van der Waals surface area (Å²) >= 11 is 0. The van der Waals surface area contributed by atoms with Crippen LogP contribution in [-0.2, 0) is 4.79 Å². The van der Waals surface area contributed by atoms with Gasteiger partial charge in [0.25, 0.3) is 0 Å². The maximum absolute atomic E-state index is 12.7. The van der Waals surface area contributed by atoms with Crippen molar-refractivity contribution in [1.82, 2.24) is 9.80 Å². The van der Waals surface area contributed by atoms with Gasteiger partial charge in [-0.3, -0.25) is 9.69 Å². The van der Waals surface area contributed by atoms with E-state index in [0.29, 0.717) is 24.3 Å². The molecule has 142 valence electrons. The quantitative estimate of drug-likeness (QED) is 0.849. The van der Waals surface area contributed by atoms with E-state index in [9.17, 15) is 9.90 Å². The normalized spacial score (nSPS) is 31.4. The van der Waals surface area contributed by atoms with E-state index in [4.69, 9.17) is 0 Å². The van der Waals surface area contributed by atoms with Crippen molar-refractivity contribution in [2.24, 2.45) is 17.3 Å². The molecular weight excluding hydrogens is 312 g/mol. The van der Waals surface area contributed by atoms with Gasteiger partial charge in [-0.25, -0.2) is 0 Å². The summed E-state index contributed by atoms with van der Waals surface area (Å²) < 4.78 is 0. The summed E-state index contributed by atoms with van der Waals surface area (Å²) in [4.78, 5) is 17.5. The Morgan fingerprint density at radius 2 is 1.72 bits per heavy atom. The Morgan fingerprint density at radius 1 is 1.00 bits per heavy atom. The molecule has 2 aliphatic carbocycles. The largest absolute Gasteiger partial charge is 0.396 e. The van der Waals surface area contributed by atoms with E-state index in [1.165, 1.54) is 51.4 Å². The van der Waals surface area contributed by atoms with E-state index in [0.717, 1.165) is 51.5 Å². The van der Waals surface area contributed by atoms with Gasteiger partial charge in [-0.2, -0.15) is 0 Å². The molecular formula is C21H36N2O2. The zero-order chi connectivity index (χ0) is 17.3. The smallest absolute Gasteiger partial charge is 0.222 e. The third kappa shape index (κ3) is 3.62. The van der Waals surface area contributed by atoms with Crippen LogP contribution in [0.1, 0.15) is 70.6 Å². The highest BCUT2D eigenvalue weighted by molar-refractivity contribution is 5.76. The number of carbonyl (C=O) groups is 1. The van der Waals surface area contributed by atoms with Crippen molar-refractivity contribution in [1.29, 1.82) is 0 Å². The van der Waals surface area contributed by atoms with Gasteiger partial charge in [-0.1, -0.05) is 25.7 Å². The van der Waals surface area contributed by atoms with E-state index in [1.807, 2.05) is 0 Å². The SMILES string of the molecule is O=C(CC1CCCCC1)N1CCC2(CC1)CN(C1CCC1)CC2CO. The molecule has 1 N–H and O–H groups in total. The molecule has 2 aliphatic heterocycles. The van der Waals surface area contributed by atoms with Crippen LogP contribution < -0.4 is 0 Å². The lowest BCUT2D eigenvalue weighted by Gasteiger charge is -2.43. The van der Waals surface area contributed by atoms with Crippen LogP contribution in [0, 0.1) is 17.3 Å². The fraction of sp³-hybridized carbons (Fsp3) is 0.952. The minimum atomic E-state index is 0.270. The molecule has 1 spiro atoms. The summed E-state index contributed by atoms with van der Waals surface area (Å²) in [5.74, 6) is 1.46. The molecule has 4 aliphatic rings. The van der Waals surface area contributed by atoms with Crippen molar-refractivity contribution >= 4 is 5.91 Å². The molecule has 0 aromatic carbocycles. The first-order valence-corrected chi connectivity index (χ1v) is 10.8. The van der Waals surface area contributed by atoms with E-state index in [2.05, 4.69) is 9.80 Å². The van der Waals surface area contributed by atoms with Crippen LogP contribution in [0.3, 0.4) is 0 Å². The minimum Gasteiger partial charge on any atom is -0.396 e. The van der Waals surface area contributed by atoms with Gasteiger partial charge < -0.3 is 10.0 Å². The second-order valence-corrected chi connectivity index (χ2v) is 9.34. The van der Waals surface area contributed by atoms with Crippen molar-refractivity contribution in [2.75, 3.05) is 32.8 Å². The summed E-state index contributed by atoms with van der Waals surface area (Å²) in [5.41, 5.74) is 0.270. The number of hydrogen-bond donors (Lipinski definition) is 1. The number of piperidine rings is 1. The summed E-state index contributed by atoms with van der Waals surface area (Å²) in [6.07, 6.45) is 13.5. The van der Waals surface area contributed by atoms with Gasteiger partial charge in [0.15, 0.2) is 0 Å². The highest BCUT2D eigenvalue weighted by atomic mass is 16.3. The standard InChI is InChI=1S/C21H36N2O2/c24-15-18-14-23(19-7-4-8-19)16-21(18)9-11-22(12-10-21)20(25)13-17-5-2-1-3-6-17/h17-19,24H,1-16H2. The van der Waals surface area contributed by atoms with Gasteiger partial charge >= 0.3 is 0 Å². The Hall–Kier alpha value is -0.610. The van der Waals surface area contributed by atoms with E-state index < -0.39 is 0 Å². The number of carbonyl (C=O) groups excluding carboxylic acids is 1. The predicted molar refractivity (Wildman–Crippen MR) is 99.2 cm³/mol. The molecule has 2 heterocycles. The van der Waals surface area contributed by atoms with Crippen LogP contribution in [0.15, 0.2) is 0 Å². The summed E-state index contributed by atoms with van der Waals surface area (Å²) in [5, 5.41) is 9.96. The third-order valence-corrected chi connectivity index (χ3v) is 7.95. The van der Waals surface area contributed by atoms with Gasteiger partial charge in [0.05, 0.1) is 0 Å². The fourth-order valence-corrected chi connectivity index (χ4v) is 5.89. The van der Waals surface area contributed by atoms with Crippen molar-refractivity contribution < 1.29 is 9.90 Å². The summed E-state index contributed by atoms with van der Waals surface area (Å²) in [6.45, 7) is 4.39. The van der Waals surface area contributed by atoms with E-state index in [-0.39, 0.29) is 5.41 Å². The first kappa shape index (κ1) is 17.8. The lowest BCUT2D eigenvalue weighted by molar-refractivity contribution is -0.135. The van der Waals surface area contributed by atoms with Gasteiger partial charge in [-0.15, -0.1) is 0 Å². The number of amides is 1. The lowest BCUT2D eigenvalue weighted by Crippen LogP contribution is -2.48. The Morgan fingerprint density at radius 3 is 2.32 bits per heavy atom. The zero-order valence-corrected chi connectivity index (χ0v) is 15.8. The number of aliphatic hydroxyl groups is 1. The minimum absolute atomic E-state index is 0.270. The van der Waals surface area contributed by atoms with Crippen LogP contribution in [0.2, 0.25) is 0 Å².